The highest BCUT2D eigenvalue weighted by Crippen LogP contribution is 2.41. The molecule has 2 aliphatic heterocycles. The number of aromatic nitrogens is 1. The number of carbonyl (C=O) groups excluding carboxylic acids is 1. The molecule has 0 radical (unpaired) electrons. The van der Waals surface area contributed by atoms with Gasteiger partial charge in [-0.25, -0.2) is 0 Å². The van der Waals surface area contributed by atoms with Crippen molar-refractivity contribution in [3.63, 3.8) is 0 Å². The van der Waals surface area contributed by atoms with Crippen LogP contribution in [0.5, 0.6) is 0 Å². The summed E-state index contributed by atoms with van der Waals surface area (Å²) in [6.45, 7) is 4.78. The van der Waals surface area contributed by atoms with Crippen molar-refractivity contribution < 1.29 is 14.3 Å². The maximum Gasteiger partial charge on any atom is 0.230 e. The summed E-state index contributed by atoms with van der Waals surface area (Å²) in [5.74, 6) is 0.376. The number of ether oxygens (including phenoxy) is 2. The van der Waals surface area contributed by atoms with Crippen molar-refractivity contribution in [1.82, 2.24) is 15.2 Å². The molecule has 0 bridgehead atoms. The number of hydrogen-bond acceptors (Lipinski definition) is 5. The molecule has 6 heteroatoms. The molecular weight excluding hydrogens is 282 g/mol. The van der Waals surface area contributed by atoms with Gasteiger partial charge in [-0.15, -0.1) is 0 Å². The summed E-state index contributed by atoms with van der Waals surface area (Å²) in [7, 11) is 1.64. The number of hydrogen-bond donors (Lipinski definition) is 1. The number of nitrogens with zero attached hydrogens (tertiary/aromatic N) is 2. The minimum atomic E-state index is -0.402. The normalized spacial score (nSPS) is 27.8. The van der Waals surface area contributed by atoms with E-state index in [9.17, 15) is 4.79 Å². The lowest BCUT2D eigenvalue weighted by Crippen LogP contribution is -2.47. The predicted molar refractivity (Wildman–Crippen MR) is 81.1 cm³/mol. The summed E-state index contributed by atoms with van der Waals surface area (Å²) < 4.78 is 10.6. The van der Waals surface area contributed by atoms with Gasteiger partial charge in [-0.2, -0.15) is 0 Å². The first-order valence-corrected chi connectivity index (χ1v) is 7.71. The highest BCUT2D eigenvalue weighted by Gasteiger charge is 2.55. The molecule has 0 saturated carbocycles. The molecule has 2 aliphatic rings. The molecule has 1 aromatic heterocycles. The number of likely N-dealkylation sites (tertiary alicyclic amines) is 1. The van der Waals surface area contributed by atoms with Crippen LogP contribution in [-0.4, -0.2) is 62.4 Å². The molecule has 22 heavy (non-hydrogen) atoms. The van der Waals surface area contributed by atoms with Crippen LogP contribution in [-0.2, 0) is 20.8 Å². The molecule has 6 nitrogen and oxygen atoms in total. The summed E-state index contributed by atoms with van der Waals surface area (Å²) in [4.78, 5) is 19.0. The Morgan fingerprint density at radius 2 is 2.36 bits per heavy atom. The van der Waals surface area contributed by atoms with Crippen molar-refractivity contribution in [3.8, 4) is 0 Å². The molecular formula is C16H23N3O3. The second-order valence-corrected chi connectivity index (χ2v) is 6.14. The Hall–Kier alpha value is -1.50. The number of methoxy groups -OCH3 is 1. The zero-order valence-corrected chi connectivity index (χ0v) is 13.0. The summed E-state index contributed by atoms with van der Waals surface area (Å²) >= 11 is 0. The standard InChI is InChI=1S/C16H23N3O3/c1-21-7-6-18-15(20)16-11-19(9-14(16)10-22-12-16)8-13-2-4-17-5-3-13/h2-5,14H,6-12H2,1H3,(H,18,20)/t14-,16-/m0/s1. The Morgan fingerprint density at radius 1 is 1.55 bits per heavy atom. The number of carbonyl (C=O) groups is 1. The third-order valence-electron chi connectivity index (χ3n) is 4.64. The Bertz CT molecular complexity index is 511. The largest absolute Gasteiger partial charge is 0.383 e. The predicted octanol–water partition coefficient (Wildman–Crippen LogP) is 0.293. The van der Waals surface area contributed by atoms with Crippen molar-refractivity contribution in [2.24, 2.45) is 11.3 Å². The molecule has 0 spiro atoms. The second-order valence-electron chi connectivity index (χ2n) is 6.14. The summed E-state index contributed by atoms with van der Waals surface area (Å²) in [5, 5.41) is 2.99. The molecule has 2 saturated heterocycles. The first-order valence-electron chi connectivity index (χ1n) is 7.71. The lowest BCUT2D eigenvalue weighted by Gasteiger charge is -2.26. The number of nitrogens with one attached hydrogen (secondary N) is 1. The van der Waals surface area contributed by atoms with E-state index in [-0.39, 0.29) is 11.8 Å². The van der Waals surface area contributed by atoms with Crippen LogP contribution in [0.25, 0.3) is 0 Å². The van der Waals surface area contributed by atoms with E-state index in [1.165, 1.54) is 5.56 Å². The molecule has 0 unspecified atom stereocenters. The van der Waals surface area contributed by atoms with Gasteiger partial charge in [-0.1, -0.05) is 0 Å². The fraction of sp³-hybridized carbons (Fsp3) is 0.625. The summed E-state index contributed by atoms with van der Waals surface area (Å²) in [6, 6.07) is 4.05. The molecule has 120 valence electrons. The smallest absolute Gasteiger partial charge is 0.230 e. The van der Waals surface area contributed by atoms with Crippen LogP contribution in [0.15, 0.2) is 24.5 Å². The van der Waals surface area contributed by atoms with E-state index in [0.717, 1.165) is 19.6 Å². The van der Waals surface area contributed by atoms with Crippen LogP contribution in [0.3, 0.4) is 0 Å². The van der Waals surface area contributed by atoms with Crippen molar-refractivity contribution >= 4 is 5.91 Å². The van der Waals surface area contributed by atoms with E-state index in [4.69, 9.17) is 9.47 Å². The molecule has 0 aromatic carbocycles. The zero-order chi connectivity index (χ0) is 15.4. The van der Waals surface area contributed by atoms with Gasteiger partial charge in [0.05, 0.1) is 25.2 Å². The van der Waals surface area contributed by atoms with Gasteiger partial charge in [0.2, 0.25) is 5.91 Å². The molecule has 0 aliphatic carbocycles. The van der Waals surface area contributed by atoms with Gasteiger partial charge in [0.25, 0.3) is 0 Å². The first kappa shape index (κ1) is 15.4. The first-order chi connectivity index (χ1) is 10.7. The van der Waals surface area contributed by atoms with E-state index in [2.05, 4.69) is 15.2 Å². The second kappa shape index (κ2) is 6.73. The van der Waals surface area contributed by atoms with Crippen LogP contribution in [0.2, 0.25) is 0 Å². The topological polar surface area (TPSA) is 63.7 Å². The van der Waals surface area contributed by atoms with Gasteiger partial charge in [0.15, 0.2) is 0 Å². The number of amides is 1. The average Bonchev–Trinajstić information content (AvgIpc) is 3.06. The zero-order valence-electron chi connectivity index (χ0n) is 13.0. The van der Waals surface area contributed by atoms with Crippen LogP contribution in [0.1, 0.15) is 5.56 Å². The summed E-state index contributed by atoms with van der Waals surface area (Å²) in [5.41, 5.74) is 0.826. The highest BCUT2D eigenvalue weighted by molar-refractivity contribution is 5.84. The number of fused-ring (bicyclic) bond motifs is 1. The average molecular weight is 305 g/mol. The van der Waals surface area contributed by atoms with Crippen molar-refractivity contribution in [2.45, 2.75) is 6.54 Å². The van der Waals surface area contributed by atoms with Crippen LogP contribution in [0, 0.1) is 11.3 Å². The van der Waals surface area contributed by atoms with Crippen molar-refractivity contribution in [3.05, 3.63) is 30.1 Å². The molecule has 2 atom stereocenters. The third-order valence-corrected chi connectivity index (χ3v) is 4.64. The third kappa shape index (κ3) is 2.99. The number of rotatable bonds is 6. The van der Waals surface area contributed by atoms with Crippen LogP contribution in [0.4, 0.5) is 0 Å². The highest BCUT2D eigenvalue weighted by atomic mass is 16.5. The SMILES string of the molecule is COCCNC(=O)[C@@]12COC[C@@H]1CN(Cc1ccncc1)C2. The molecule has 3 heterocycles. The molecule has 1 amide bonds. The lowest BCUT2D eigenvalue weighted by atomic mass is 9.80. The van der Waals surface area contributed by atoms with E-state index < -0.39 is 5.41 Å². The molecule has 1 N–H and O–H groups in total. The van der Waals surface area contributed by atoms with E-state index in [1.54, 1.807) is 7.11 Å². The molecule has 1 aromatic rings. The van der Waals surface area contributed by atoms with Crippen molar-refractivity contribution in [1.29, 1.82) is 0 Å². The Labute approximate surface area is 130 Å². The van der Waals surface area contributed by atoms with Gasteiger partial charge in [0.1, 0.15) is 0 Å². The van der Waals surface area contributed by atoms with E-state index in [0.29, 0.717) is 26.4 Å². The maximum absolute atomic E-state index is 12.6. The quantitative estimate of drug-likeness (QED) is 0.766. The lowest BCUT2D eigenvalue weighted by molar-refractivity contribution is -0.131. The van der Waals surface area contributed by atoms with Gasteiger partial charge in [-0.05, 0) is 17.7 Å². The van der Waals surface area contributed by atoms with Crippen molar-refractivity contribution in [2.75, 3.05) is 46.6 Å². The van der Waals surface area contributed by atoms with Gasteiger partial charge in [-0.3, -0.25) is 14.7 Å². The molecule has 2 fully saturated rings. The van der Waals surface area contributed by atoms with Crippen LogP contribution < -0.4 is 5.32 Å². The minimum Gasteiger partial charge on any atom is -0.383 e. The van der Waals surface area contributed by atoms with Gasteiger partial charge >= 0.3 is 0 Å². The Kier molecular flexibility index (Phi) is 4.71. The van der Waals surface area contributed by atoms with E-state index in [1.807, 2.05) is 24.5 Å². The fourth-order valence-electron chi connectivity index (χ4n) is 3.47. The van der Waals surface area contributed by atoms with Crippen LogP contribution >= 0.6 is 0 Å². The van der Waals surface area contributed by atoms with Gasteiger partial charge in [0, 0.05) is 51.6 Å². The molecule has 3 rings (SSSR count). The minimum absolute atomic E-state index is 0.101. The number of pyridine rings is 1. The Balaban J connectivity index is 1.64. The fourth-order valence-corrected chi connectivity index (χ4v) is 3.47. The summed E-state index contributed by atoms with van der Waals surface area (Å²) in [6.07, 6.45) is 3.62. The van der Waals surface area contributed by atoms with E-state index >= 15 is 0 Å². The monoisotopic (exact) mass is 305 g/mol. The Morgan fingerprint density at radius 3 is 3.14 bits per heavy atom. The maximum atomic E-state index is 12.6. The van der Waals surface area contributed by atoms with Gasteiger partial charge < -0.3 is 14.8 Å².